The van der Waals surface area contributed by atoms with E-state index in [4.69, 9.17) is 4.52 Å². The molecule has 0 spiro atoms. The molecule has 0 radical (unpaired) electrons. The first-order chi connectivity index (χ1) is 9.31. The van der Waals surface area contributed by atoms with Crippen molar-refractivity contribution in [2.75, 3.05) is 4.72 Å². The summed E-state index contributed by atoms with van der Waals surface area (Å²) in [5, 5.41) is 13.1. The van der Waals surface area contributed by atoms with E-state index in [2.05, 4.69) is 9.88 Å². The molecule has 0 saturated heterocycles. The smallest absolute Gasteiger partial charge is 0.264 e. The predicted molar refractivity (Wildman–Crippen MR) is 73.9 cm³/mol. The number of aromatic nitrogens is 1. The molecular formula is C13H16N2O4S. The van der Waals surface area contributed by atoms with Crippen LogP contribution in [0.3, 0.4) is 0 Å². The molecule has 1 heterocycles. The van der Waals surface area contributed by atoms with Gasteiger partial charge in [0, 0.05) is 5.56 Å². The number of hydrogen-bond donors (Lipinski definition) is 2. The standard InChI is InChI=1S/C13H16N2O4S/c1-8-9(2)14-19-13(8)15-20(17,18)12-6-4-11(5-7-12)10(3)16/h4-7,10,15-16H,1-3H3. The van der Waals surface area contributed by atoms with Crippen LogP contribution in [0.2, 0.25) is 0 Å². The molecule has 0 aliphatic rings. The lowest BCUT2D eigenvalue weighted by Crippen LogP contribution is -2.13. The van der Waals surface area contributed by atoms with E-state index in [-0.39, 0.29) is 10.8 Å². The van der Waals surface area contributed by atoms with Crippen LogP contribution in [0.4, 0.5) is 5.88 Å². The number of nitrogens with zero attached hydrogens (tertiary/aromatic N) is 1. The minimum atomic E-state index is -3.73. The molecule has 6 nitrogen and oxygen atoms in total. The number of hydrogen-bond acceptors (Lipinski definition) is 5. The number of aliphatic hydroxyl groups excluding tert-OH is 1. The van der Waals surface area contributed by atoms with Crippen molar-refractivity contribution in [3.63, 3.8) is 0 Å². The number of anilines is 1. The van der Waals surface area contributed by atoms with E-state index in [0.29, 0.717) is 16.8 Å². The van der Waals surface area contributed by atoms with Crippen molar-refractivity contribution in [3.05, 3.63) is 41.1 Å². The van der Waals surface area contributed by atoms with Crippen molar-refractivity contribution in [3.8, 4) is 0 Å². The van der Waals surface area contributed by atoms with E-state index in [0.717, 1.165) is 0 Å². The zero-order chi connectivity index (χ0) is 14.9. The van der Waals surface area contributed by atoms with Crippen LogP contribution in [0.25, 0.3) is 0 Å². The highest BCUT2D eigenvalue weighted by atomic mass is 32.2. The van der Waals surface area contributed by atoms with Gasteiger partial charge in [-0.15, -0.1) is 0 Å². The molecule has 7 heteroatoms. The van der Waals surface area contributed by atoms with Gasteiger partial charge >= 0.3 is 0 Å². The van der Waals surface area contributed by atoms with Gasteiger partial charge in [0.1, 0.15) is 0 Å². The third-order valence-corrected chi connectivity index (χ3v) is 4.40. The number of rotatable bonds is 4. The van der Waals surface area contributed by atoms with Crippen LogP contribution < -0.4 is 4.72 Å². The third kappa shape index (κ3) is 2.83. The second-order valence-corrected chi connectivity index (χ2v) is 6.26. The third-order valence-electron chi connectivity index (χ3n) is 3.06. The van der Waals surface area contributed by atoms with Crippen molar-refractivity contribution in [1.82, 2.24) is 5.16 Å². The summed E-state index contributed by atoms with van der Waals surface area (Å²) >= 11 is 0. The lowest BCUT2D eigenvalue weighted by atomic mass is 10.1. The first-order valence-electron chi connectivity index (χ1n) is 6.05. The van der Waals surface area contributed by atoms with Gasteiger partial charge in [0.25, 0.3) is 10.0 Å². The van der Waals surface area contributed by atoms with Crippen molar-refractivity contribution in [1.29, 1.82) is 0 Å². The van der Waals surface area contributed by atoms with Crippen LogP contribution in [0.1, 0.15) is 29.8 Å². The number of nitrogens with one attached hydrogen (secondary N) is 1. The van der Waals surface area contributed by atoms with Gasteiger partial charge in [-0.2, -0.15) is 0 Å². The summed E-state index contributed by atoms with van der Waals surface area (Å²) in [6.45, 7) is 5.07. The summed E-state index contributed by atoms with van der Waals surface area (Å²) < 4.78 is 31.7. The van der Waals surface area contributed by atoms with E-state index in [9.17, 15) is 13.5 Å². The summed E-state index contributed by atoms with van der Waals surface area (Å²) in [6.07, 6.45) is -0.640. The highest BCUT2D eigenvalue weighted by molar-refractivity contribution is 7.92. The maximum absolute atomic E-state index is 12.2. The molecule has 2 rings (SSSR count). The molecule has 20 heavy (non-hydrogen) atoms. The van der Waals surface area contributed by atoms with Crippen LogP contribution in [-0.2, 0) is 10.0 Å². The summed E-state index contributed by atoms with van der Waals surface area (Å²) in [5.74, 6) is 0.113. The molecule has 0 bridgehead atoms. The van der Waals surface area contributed by atoms with Gasteiger partial charge in [-0.3, -0.25) is 0 Å². The minimum absolute atomic E-state index is 0.0929. The molecule has 0 saturated carbocycles. The van der Waals surface area contributed by atoms with E-state index in [1.165, 1.54) is 12.1 Å². The fraction of sp³-hybridized carbons (Fsp3) is 0.308. The summed E-state index contributed by atoms with van der Waals surface area (Å²) in [7, 11) is -3.73. The fourth-order valence-electron chi connectivity index (χ4n) is 1.62. The second kappa shape index (κ2) is 5.26. The first kappa shape index (κ1) is 14.5. The zero-order valence-corrected chi connectivity index (χ0v) is 12.2. The van der Waals surface area contributed by atoms with Crippen LogP contribution >= 0.6 is 0 Å². The molecule has 0 fully saturated rings. The van der Waals surface area contributed by atoms with Crippen molar-refractivity contribution in [2.24, 2.45) is 0 Å². The zero-order valence-electron chi connectivity index (χ0n) is 11.4. The van der Waals surface area contributed by atoms with Gasteiger partial charge in [0.15, 0.2) is 0 Å². The Balaban J connectivity index is 2.28. The topological polar surface area (TPSA) is 92.4 Å². The van der Waals surface area contributed by atoms with Gasteiger partial charge in [-0.25, -0.2) is 13.1 Å². The molecule has 1 aromatic carbocycles. The van der Waals surface area contributed by atoms with E-state index in [1.54, 1.807) is 32.9 Å². The Morgan fingerprint density at radius 2 is 1.85 bits per heavy atom. The highest BCUT2D eigenvalue weighted by Crippen LogP contribution is 2.22. The van der Waals surface area contributed by atoms with E-state index in [1.807, 2.05) is 0 Å². The van der Waals surface area contributed by atoms with Crippen LogP contribution in [-0.4, -0.2) is 18.7 Å². The maximum atomic E-state index is 12.2. The molecule has 2 N–H and O–H groups in total. The monoisotopic (exact) mass is 296 g/mol. The van der Waals surface area contributed by atoms with Crippen LogP contribution in [0.5, 0.6) is 0 Å². The van der Waals surface area contributed by atoms with E-state index >= 15 is 0 Å². The molecule has 108 valence electrons. The molecule has 1 unspecified atom stereocenters. The van der Waals surface area contributed by atoms with Crippen molar-refractivity contribution in [2.45, 2.75) is 31.8 Å². The van der Waals surface area contributed by atoms with E-state index < -0.39 is 16.1 Å². The summed E-state index contributed by atoms with van der Waals surface area (Å²) in [6, 6.07) is 6.00. The Morgan fingerprint density at radius 3 is 2.30 bits per heavy atom. The SMILES string of the molecule is Cc1noc(NS(=O)(=O)c2ccc(C(C)O)cc2)c1C. The Morgan fingerprint density at radius 1 is 1.25 bits per heavy atom. The average Bonchev–Trinajstić information content (AvgIpc) is 2.70. The highest BCUT2D eigenvalue weighted by Gasteiger charge is 2.19. The quantitative estimate of drug-likeness (QED) is 0.901. The van der Waals surface area contributed by atoms with Gasteiger partial charge in [-0.05, 0) is 38.5 Å². The van der Waals surface area contributed by atoms with Gasteiger partial charge in [0.05, 0.1) is 16.7 Å². The Bertz CT molecular complexity index is 702. The molecule has 0 aliphatic heterocycles. The van der Waals surface area contributed by atoms with Gasteiger partial charge in [-0.1, -0.05) is 17.3 Å². The molecule has 1 atom stereocenters. The van der Waals surface area contributed by atoms with Crippen LogP contribution in [0.15, 0.2) is 33.7 Å². The molecule has 2 aromatic rings. The predicted octanol–water partition coefficient (Wildman–Crippen LogP) is 2.15. The number of aliphatic hydroxyl groups is 1. The van der Waals surface area contributed by atoms with Crippen LogP contribution in [0, 0.1) is 13.8 Å². The fourth-order valence-corrected chi connectivity index (χ4v) is 2.66. The molecule has 1 aromatic heterocycles. The molecular weight excluding hydrogens is 280 g/mol. The lowest BCUT2D eigenvalue weighted by Gasteiger charge is -2.08. The van der Waals surface area contributed by atoms with Crippen molar-refractivity contribution < 1.29 is 18.0 Å². The molecule has 0 aliphatic carbocycles. The maximum Gasteiger partial charge on any atom is 0.264 e. The number of benzene rings is 1. The molecule has 0 amide bonds. The normalized spacial score (nSPS) is 13.2. The Kier molecular flexibility index (Phi) is 3.82. The van der Waals surface area contributed by atoms with Gasteiger partial charge in [0.2, 0.25) is 5.88 Å². The Labute approximate surface area is 117 Å². The average molecular weight is 296 g/mol. The second-order valence-electron chi connectivity index (χ2n) is 4.57. The number of sulfonamides is 1. The largest absolute Gasteiger partial charge is 0.389 e. The first-order valence-corrected chi connectivity index (χ1v) is 7.53. The van der Waals surface area contributed by atoms with Crippen molar-refractivity contribution >= 4 is 15.9 Å². The summed E-state index contributed by atoms with van der Waals surface area (Å²) in [4.78, 5) is 0.0929. The Hall–Kier alpha value is -1.86. The minimum Gasteiger partial charge on any atom is -0.389 e. The summed E-state index contributed by atoms with van der Waals surface area (Å²) in [5.41, 5.74) is 1.93. The lowest BCUT2D eigenvalue weighted by molar-refractivity contribution is 0.199. The van der Waals surface area contributed by atoms with Gasteiger partial charge < -0.3 is 9.63 Å². The number of aryl methyl sites for hydroxylation is 1.